The minimum atomic E-state index is 0.445. The summed E-state index contributed by atoms with van der Waals surface area (Å²) < 4.78 is 5.68. The first-order valence-electron chi connectivity index (χ1n) is 7.99. The third-order valence-corrected chi connectivity index (χ3v) is 3.93. The Labute approximate surface area is 147 Å². The van der Waals surface area contributed by atoms with Crippen LogP contribution < -0.4 is 4.74 Å². The van der Waals surface area contributed by atoms with E-state index in [1.54, 1.807) is 6.21 Å². The van der Waals surface area contributed by atoms with Crippen molar-refractivity contribution in [1.29, 1.82) is 0 Å². The molecule has 0 saturated carbocycles. The molecule has 3 nitrogen and oxygen atoms in total. The summed E-state index contributed by atoms with van der Waals surface area (Å²) in [4.78, 5) is 8.92. The molecule has 1 aromatic heterocycles. The number of pyridine rings is 1. The molecule has 0 saturated heterocycles. The molecule has 0 atom stereocenters. The summed E-state index contributed by atoms with van der Waals surface area (Å²) in [5.41, 5.74) is 3.73. The monoisotopic (exact) mass is 338 g/mol. The number of nitrogens with zero attached hydrogens (tertiary/aromatic N) is 2. The molecule has 0 bridgehead atoms. The molecule has 0 radical (unpaired) electrons. The van der Waals surface area contributed by atoms with Gasteiger partial charge in [0.15, 0.2) is 0 Å². The highest BCUT2D eigenvalue weighted by molar-refractivity contribution is 6.32. The first-order valence-corrected chi connectivity index (χ1v) is 8.37. The molecule has 122 valence electrons. The Morgan fingerprint density at radius 2 is 1.92 bits per heavy atom. The second-order valence-electron chi connectivity index (χ2n) is 5.67. The van der Waals surface area contributed by atoms with Gasteiger partial charge in [0, 0.05) is 17.2 Å². The molecule has 1 heterocycles. The second-order valence-corrected chi connectivity index (χ2v) is 6.02. The fourth-order valence-electron chi connectivity index (χ4n) is 2.32. The van der Waals surface area contributed by atoms with E-state index >= 15 is 0 Å². The van der Waals surface area contributed by atoms with Crippen LogP contribution in [0.15, 0.2) is 53.5 Å². The first-order chi connectivity index (χ1) is 11.7. The van der Waals surface area contributed by atoms with Crippen LogP contribution in [0.5, 0.6) is 5.75 Å². The van der Waals surface area contributed by atoms with Crippen LogP contribution in [-0.2, 0) is 0 Å². The SMILES string of the molecule is CCCOc1ccc2nc(Cl)c(C=Nc3ccc(C)cc3)cc2c1. The molecule has 24 heavy (non-hydrogen) atoms. The molecule has 0 amide bonds. The quantitative estimate of drug-likeness (QED) is 0.439. The van der Waals surface area contributed by atoms with Crippen LogP contribution in [0.4, 0.5) is 5.69 Å². The zero-order valence-electron chi connectivity index (χ0n) is 13.8. The lowest BCUT2D eigenvalue weighted by atomic mass is 10.1. The zero-order valence-corrected chi connectivity index (χ0v) is 14.5. The number of aliphatic imine (C=N–C) groups is 1. The number of halogens is 1. The van der Waals surface area contributed by atoms with Crippen molar-refractivity contribution in [3.05, 3.63) is 64.8 Å². The summed E-state index contributed by atoms with van der Waals surface area (Å²) in [7, 11) is 0. The highest BCUT2D eigenvalue weighted by Gasteiger charge is 2.05. The summed E-state index contributed by atoms with van der Waals surface area (Å²) in [5.74, 6) is 0.842. The lowest BCUT2D eigenvalue weighted by Crippen LogP contribution is -1.95. The van der Waals surface area contributed by atoms with Gasteiger partial charge in [-0.1, -0.05) is 36.2 Å². The van der Waals surface area contributed by atoms with Crippen molar-refractivity contribution in [1.82, 2.24) is 4.98 Å². The van der Waals surface area contributed by atoms with Gasteiger partial charge in [0.1, 0.15) is 10.9 Å². The van der Waals surface area contributed by atoms with E-state index < -0.39 is 0 Å². The van der Waals surface area contributed by atoms with E-state index in [-0.39, 0.29) is 0 Å². The number of benzene rings is 2. The van der Waals surface area contributed by atoms with Gasteiger partial charge in [-0.25, -0.2) is 4.98 Å². The largest absolute Gasteiger partial charge is 0.494 e. The third kappa shape index (κ3) is 3.92. The van der Waals surface area contributed by atoms with Crippen molar-refractivity contribution >= 4 is 34.4 Å². The molecule has 4 heteroatoms. The van der Waals surface area contributed by atoms with Crippen LogP contribution in [0.3, 0.4) is 0 Å². The van der Waals surface area contributed by atoms with Crippen LogP contribution in [-0.4, -0.2) is 17.8 Å². The molecule has 0 unspecified atom stereocenters. The van der Waals surface area contributed by atoms with Crippen LogP contribution in [0, 0.1) is 6.92 Å². The molecular weight excluding hydrogens is 320 g/mol. The third-order valence-electron chi connectivity index (χ3n) is 3.63. The van der Waals surface area contributed by atoms with Gasteiger partial charge >= 0.3 is 0 Å². The standard InChI is InChI=1S/C20H19ClN2O/c1-3-10-24-18-8-9-19-15(12-18)11-16(20(21)23-19)13-22-17-6-4-14(2)5-7-17/h4-9,11-13H,3,10H2,1-2H3. The first kappa shape index (κ1) is 16.5. The van der Waals surface area contributed by atoms with Crippen LogP contribution in [0.2, 0.25) is 5.15 Å². The molecule has 0 spiro atoms. The molecule has 0 fully saturated rings. The molecule has 0 N–H and O–H groups in total. The van der Waals surface area contributed by atoms with Gasteiger partial charge in [0.2, 0.25) is 0 Å². The van der Waals surface area contributed by atoms with Gasteiger partial charge in [-0.2, -0.15) is 0 Å². The molecule has 0 aliphatic heterocycles. The van der Waals surface area contributed by atoms with Crippen molar-refractivity contribution in [2.24, 2.45) is 4.99 Å². The average molecular weight is 339 g/mol. The Morgan fingerprint density at radius 3 is 2.67 bits per heavy atom. The Hall–Kier alpha value is -2.39. The highest BCUT2D eigenvalue weighted by Crippen LogP contribution is 2.24. The molecular formula is C20H19ClN2O. The number of ether oxygens (including phenoxy) is 1. The number of hydrogen-bond acceptors (Lipinski definition) is 3. The van der Waals surface area contributed by atoms with Gasteiger partial charge in [-0.3, -0.25) is 4.99 Å². The molecule has 0 aliphatic carbocycles. The van der Waals surface area contributed by atoms with Gasteiger partial charge in [-0.05, 0) is 49.7 Å². The van der Waals surface area contributed by atoms with E-state index in [1.165, 1.54) is 5.56 Å². The summed E-state index contributed by atoms with van der Waals surface area (Å²) >= 11 is 6.28. The maximum absolute atomic E-state index is 6.28. The average Bonchev–Trinajstić information content (AvgIpc) is 2.59. The normalized spacial score (nSPS) is 11.3. The summed E-state index contributed by atoms with van der Waals surface area (Å²) in [6.07, 6.45) is 2.73. The van der Waals surface area contributed by atoms with Gasteiger partial charge in [-0.15, -0.1) is 0 Å². The van der Waals surface area contributed by atoms with E-state index in [4.69, 9.17) is 16.3 Å². The maximum Gasteiger partial charge on any atom is 0.138 e. The predicted molar refractivity (Wildman–Crippen MR) is 101 cm³/mol. The number of fused-ring (bicyclic) bond motifs is 1. The summed E-state index contributed by atoms with van der Waals surface area (Å²) in [5, 5.41) is 1.43. The molecule has 3 aromatic rings. The van der Waals surface area contributed by atoms with Crippen molar-refractivity contribution in [3.8, 4) is 5.75 Å². The van der Waals surface area contributed by atoms with E-state index in [0.29, 0.717) is 11.8 Å². The van der Waals surface area contributed by atoms with E-state index in [2.05, 4.69) is 23.8 Å². The van der Waals surface area contributed by atoms with Crippen molar-refractivity contribution in [2.45, 2.75) is 20.3 Å². The van der Waals surface area contributed by atoms with Crippen LogP contribution in [0.25, 0.3) is 10.9 Å². The van der Waals surface area contributed by atoms with E-state index in [0.717, 1.165) is 34.3 Å². The Bertz CT molecular complexity index is 873. The lowest BCUT2D eigenvalue weighted by Gasteiger charge is -2.07. The van der Waals surface area contributed by atoms with Gasteiger partial charge in [0.25, 0.3) is 0 Å². The molecule has 3 rings (SSSR count). The molecule has 0 aliphatic rings. The van der Waals surface area contributed by atoms with Crippen molar-refractivity contribution in [3.63, 3.8) is 0 Å². The summed E-state index contributed by atoms with van der Waals surface area (Å²) in [6, 6.07) is 15.8. The van der Waals surface area contributed by atoms with Crippen LogP contribution >= 0.6 is 11.6 Å². The zero-order chi connectivity index (χ0) is 16.9. The Kier molecular flexibility index (Phi) is 5.11. The number of rotatable bonds is 5. The van der Waals surface area contributed by atoms with Crippen molar-refractivity contribution < 1.29 is 4.74 Å². The fraction of sp³-hybridized carbons (Fsp3) is 0.200. The lowest BCUT2D eigenvalue weighted by molar-refractivity contribution is 0.318. The summed E-state index contributed by atoms with van der Waals surface area (Å²) in [6.45, 7) is 4.84. The molecule has 2 aromatic carbocycles. The van der Waals surface area contributed by atoms with Crippen molar-refractivity contribution in [2.75, 3.05) is 6.61 Å². The smallest absolute Gasteiger partial charge is 0.138 e. The minimum Gasteiger partial charge on any atom is -0.494 e. The second kappa shape index (κ2) is 7.45. The number of aryl methyl sites for hydroxylation is 1. The van der Waals surface area contributed by atoms with Crippen LogP contribution in [0.1, 0.15) is 24.5 Å². The van der Waals surface area contributed by atoms with Gasteiger partial charge < -0.3 is 4.74 Å². The number of hydrogen-bond donors (Lipinski definition) is 0. The fourth-order valence-corrected chi connectivity index (χ4v) is 2.52. The van der Waals surface area contributed by atoms with Gasteiger partial charge in [0.05, 0.1) is 17.8 Å². The number of aromatic nitrogens is 1. The predicted octanol–water partition coefficient (Wildman–Crippen LogP) is 5.74. The topological polar surface area (TPSA) is 34.5 Å². The minimum absolute atomic E-state index is 0.445. The van der Waals surface area contributed by atoms with E-state index in [1.807, 2.05) is 48.5 Å². The maximum atomic E-state index is 6.28. The Morgan fingerprint density at radius 1 is 1.12 bits per heavy atom. The Balaban J connectivity index is 1.91. The van der Waals surface area contributed by atoms with E-state index in [9.17, 15) is 0 Å². The highest BCUT2D eigenvalue weighted by atomic mass is 35.5.